The van der Waals surface area contributed by atoms with Crippen molar-refractivity contribution in [2.45, 2.75) is 13.8 Å². The van der Waals surface area contributed by atoms with E-state index in [1.54, 1.807) is 0 Å². The van der Waals surface area contributed by atoms with Crippen LogP contribution in [0, 0.1) is 0 Å². The van der Waals surface area contributed by atoms with Gasteiger partial charge in [-0.3, -0.25) is 9.59 Å². The Morgan fingerprint density at radius 1 is 1.30 bits per heavy atom. The molecule has 1 N–H and O–H groups in total. The van der Waals surface area contributed by atoms with Crippen molar-refractivity contribution in [3.8, 4) is 0 Å². The first kappa shape index (κ1) is 11.9. The quantitative estimate of drug-likeness (QED) is 0.317. The fraction of sp³-hybridized carbons (Fsp3) is 0.500. The van der Waals surface area contributed by atoms with E-state index in [4.69, 9.17) is 9.46 Å². The number of carbonyl (C=O) groups is 2. The Bertz CT molecular complexity index is 120. The van der Waals surface area contributed by atoms with Gasteiger partial charge < -0.3 is 9.63 Å². The fourth-order valence-corrected chi connectivity index (χ4v) is 0.202. The van der Waals surface area contributed by atoms with Crippen LogP contribution in [0.5, 0.6) is 0 Å². The van der Waals surface area contributed by atoms with Crippen molar-refractivity contribution in [3.05, 3.63) is 0 Å². The lowest BCUT2D eigenvalue weighted by atomic mass is 10.7. The number of carbonyl (C=O) groups excluding carboxylic acids is 2. The molecule has 0 aromatic carbocycles. The summed E-state index contributed by atoms with van der Waals surface area (Å²) in [6.45, 7) is 2.36. The van der Waals surface area contributed by atoms with Crippen LogP contribution >= 0.6 is 8.69 Å². The minimum atomic E-state index is -0.833. The second kappa shape index (κ2) is 8.20. The van der Waals surface area contributed by atoms with Crippen molar-refractivity contribution in [3.63, 3.8) is 0 Å². The Morgan fingerprint density at radius 2 is 1.50 bits per heavy atom. The molecule has 5 nitrogen and oxygen atoms in total. The second-order valence-corrected chi connectivity index (χ2v) is 1.33. The van der Waals surface area contributed by atoms with Gasteiger partial charge in [0.2, 0.25) is 0 Å². The van der Waals surface area contributed by atoms with E-state index in [1.165, 1.54) is 13.8 Å². The highest BCUT2D eigenvalue weighted by molar-refractivity contribution is 7.16. The van der Waals surface area contributed by atoms with E-state index in [2.05, 4.69) is 4.74 Å². The molecule has 0 fully saturated rings. The normalized spacial score (nSPS) is 7.50. The van der Waals surface area contributed by atoms with Gasteiger partial charge in [0.15, 0.2) is 0 Å². The zero-order chi connectivity index (χ0) is 8.57. The Kier molecular flexibility index (Phi) is 9.79. The Morgan fingerprint density at radius 3 is 1.50 bits per heavy atom. The molecule has 58 valence electrons. The monoisotopic (exact) mass is 166 g/mol. The first-order chi connectivity index (χ1) is 4.54. The lowest BCUT2D eigenvalue weighted by Gasteiger charge is -1.87. The topological polar surface area (TPSA) is 80.7 Å². The number of ether oxygens (including phenoxy) is 1. The largest absolute Gasteiger partial charge is 0.394 e. The maximum atomic E-state index is 9.81. The van der Waals surface area contributed by atoms with Gasteiger partial charge in [0.25, 0.3) is 0 Å². The summed E-state index contributed by atoms with van der Waals surface area (Å²) in [5.74, 6) is -1.12. The van der Waals surface area contributed by atoms with Gasteiger partial charge in [-0.1, -0.05) is 0 Å². The Hall–Kier alpha value is -0.800. The van der Waals surface area contributed by atoms with E-state index < -0.39 is 20.6 Å². The Balaban J connectivity index is 0. The van der Waals surface area contributed by atoms with E-state index in [0.29, 0.717) is 0 Å². The molecule has 0 rings (SSSR count). The molecular weight excluding hydrogens is 159 g/mol. The SMILES string of the molecule is CC(=O)OC(C)=O.O=PO. The highest BCUT2D eigenvalue weighted by atomic mass is 31.1. The van der Waals surface area contributed by atoms with E-state index in [9.17, 15) is 9.59 Å². The van der Waals surface area contributed by atoms with Gasteiger partial charge in [-0.05, 0) is 0 Å². The molecule has 0 unspecified atom stereocenters. The van der Waals surface area contributed by atoms with Crippen molar-refractivity contribution in [1.82, 2.24) is 0 Å². The number of rotatable bonds is 0. The average molecular weight is 166 g/mol. The van der Waals surface area contributed by atoms with Crippen molar-refractivity contribution in [2.75, 3.05) is 0 Å². The molecule has 0 atom stereocenters. The van der Waals surface area contributed by atoms with Crippen LogP contribution in [0.3, 0.4) is 0 Å². The van der Waals surface area contributed by atoms with Crippen molar-refractivity contribution >= 4 is 20.6 Å². The maximum Gasteiger partial charge on any atom is 0.324 e. The zero-order valence-corrected chi connectivity index (χ0v) is 6.42. The van der Waals surface area contributed by atoms with Gasteiger partial charge >= 0.3 is 20.6 Å². The van der Waals surface area contributed by atoms with Crippen molar-refractivity contribution < 1.29 is 23.8 Å². The van der Waals surface area contributed by atoms with Crippen molar-refractivity contribution in [1.29, 1.82) is 0 Å². The van der Waals surface area contributed by atoms with Gasteiger partial charge in [-0.2, -0.15) is 0 Å². The van der Waals surface area contributed by atoms with Crippen LogP contribution in [-0.4, -0.2) is 16.8 Å². The van der Waals surface area contributed by atoms with E-state index in [1.807, 2.05) is 0 Å². The molecule has 0 heterocycles. The summed E-state index contributed by atoms with van der Waals surface area (Å²) in [7, 11) is -0.833. The van der Waals surface area contributed by atoms with Gasteiger partial charge in [0.1, 0.15) is 0 Å². The molecule has 0 radical (unpaired) electrons. The molecule has 0 aliphatic heterocycles. The summed E-state index contributed by atoms with van der Waals surface area (Å²) in [5, 5.41) is 0. The predicted molar refractivity (Wildman–Crippen MR) is 32.3 cm³/mol. The summed E-state index contributed by atoms with van der Waals surface area (Å²) in [6, 6.07) is 0. The molecule has 0 aliphatic rings. The van der Waals surface area contributed by atoms with Crippen molar-refractivity contribution in [2.24, 2.45) is 0 Å². The predicted octanol–water partition coefficient (Wildman–Crippen LogP) is 0.281. The third-order valence-electron chi connectivity index (χ3n) is 0.287. The number of esters is 2. The standard InChI is InChI=1S/C4H6O3.HO2P/c1-3(5)7-4(2)6;1-3-2/h1-2H3;(H,1,2). The van der Waals surface area contributed by atoms with Crippen LogP contribution in [0.2, 0.25) is 0 Å². The average Bonchev–Trinajstić information content (AvgIpc) is 1.62. The van der Waals surface area contributed by atoms with E-state index in [-0.39, 0.29) is 0 Å². The molecular formula is C4H7O5P. The minimum absolute atomic E-state index is 0.562. The highest BCUT2D eigenvalue weighted by Crippen LogP contribution is 1.73. The molecule has 0 aromatic rings. The zero-order valence-electron chi connectivity index (χ0n) is 5.53. The molecule has 6 heteroatoms. The summed E-state index contributed by atoms with van der Waals surface area (Å²) in [6.07, 6.45) is 0. The first-order valence-corrected chi connectivity index (χ1v) is 2.96. The van der Waals surface area contributed by atoms with Crippen LogP contribution in [0.25, 0.3) is 0 Å². The third-order valence-corrected chi connectivity index (χ3v) is 0.287. The lowest BCUT2D eigenvalue weighted by Crippen LogP contribution is -2.03. The minimum Gasteiger partial charge on any atom is -0.394 e. The summed E-state index contributed by atoms with van der Waals surface area (Å²) < 4.78 is 12.4. The van der Waals surface area contributed by atoms with E-state index in [0.717, 1.165) is 0 Å². The third kappa shape index (κ3) is 27.0. The second-order valence-electron chi connectivity index (χ2n) is 1.17. The first-order valence-electron chi connectivity index (χ1n) is 2.20. The summed E-state index contributed by atoms with van der Waals surface area (Å²) >= 11 is 0. The van der Waals surface area contributed by atoms with Gasteiger partial charge in [-0.15, -0.1) is 0 Å². The Labute approximate surface area is 59.3 Å². The molecule has 0 aromatic heterocycles. The van der Waals surface area contributed by atoms with Crippen LogP contribution in [0.15, 0.2) is 0 Å². The lowest BCUT2D eigenvalue weighted by molar-refractivity contribution is -0.156. The molecule has 0 saturated carbocycles. The van der Waals surface area contributed by atoms with Gasteiger partial charge in [0.05, 0.1) is 0 Å². The van der Waals surface area contributed by atoms with Crippen LogP contribution in [-0.2, 0) is 18.9 Å². The van der Waals surface area contributed by atoms with Gasteiger partial charge in [-0.25, -0.2) is 4.57 Å². The molecule has 0 spiro atoms. The summed E-state index contributed by atoms with van der Waals surface area (Å²) in [5.41, 5.74) is 0. The van der Waals surface area contributed by atoms with Crippen LogP contribution in [0.4, 0.5) is 0 Å². The molecule has 0 bridgehead atoms. The fourth-order valence-electron chi connectivity index (χ4n) is 0.202. The highest BCUT2D eigenvalue weighted by Gasteiger charge is 1.93. The van der Waals surface area contributed by atoms with Crippen LogP contribution < -0.4 is 0 Å². The summed E-state index contributed by atoms with van der Waals surface area (Å²) in [4.78, 5) is 26.6. The number of hydrogen-bond acceptors (Lipinski definition) is 4. The molecule has 0 amide bonds. The smallest absolute Gasteiger partial charge is 0.324 e. The van der Waals surface area contributed by atoms with Gasteiger partial charge in [0, 0.05) is 13.8 Å². The number of hydrogen-bond donors (Lipinski definition) is 1. The van der Waals surface area contributed by atoms with E-state index >= 15 is 0 Å². The molecule has 0 saturated heterocycles. The molecule has 0 aliphatic carbocycles. The maximum absolute atomic E-state index is 9.81. The molecule has 10 heavy (non-hydrogen) atoms. The van der Waals surface area contributed by atoms with Crippen LogP contribution in [0.1, 0.15) is 13.8 Å².